The quantitative estimate of drug-likeness (QED) is 0.723. The Hall–Kier alpha value is -0.490. The van der Waals surface area contributed by atoms with Crippen LogP contribution >= 0.6 is 11.3 Å². The molecule has 0 aromatic carbocycles. The average molecular weight is 245 g/mol. The summed E-state index contributed by atoms with van der Waals surface area (Å²) in [4.78, 5) is 4.49. The highest BCUT2D eigenvalue weighted by atomic mass is 32.1. The molecule has 0 spiro atoms. The monoisotopic (exact) mass is 245 g/mol. The van der Waals surface area contributed by atoms with E-state index in [1.807, 2.05) is 5.38 Å². The van der Waals surface area contributed by atoms with Gasteiger partial charge >= 0.3 is 0 Å². The van der Waals surface area contributed by atoms with Crippen molar-refractivity contribution in [2.45, 2.75) is 26.2 Å². The van der Waals surface area contributed by atoms with Crippen molar-refractivity contribution in [2.75, 3.05) is 21.3 Å². The van der Waals surface area contributed by atoms with Gasteiger partial charge < -0.3 is 14.2 Å². The fraction of sp³-hybridized carbons (Fsp3) is 0.727. The first-order valence-electron chi connectivity index (χ1n) is 5.17. The number of rotatable bonds is 6. The zero-order valence-corrected chi connectivity index (χ0v) is 11.2. The van der Waals surface area contributed by atoms with Crippen LogP contribution in [0, 0.1) is 5.92 Å². The molecule has 1 aromatic rings. The summed E-state index contributed by atoms with van der Waals surface area (Å²) in [5.41, 5.74) is 0.799. The van der Waals surface area contributed by atoms with Crippen LogP contribution in [-0.4, -0.2) is 26.3 Å². The van der Waals surface area contributed by atoms with Gasteiger partial charge in [0.15, 0.2) is 0 Å². The van der Waals surface area contributed by atoms with Gasteiger partial charge in [0.05, 0.1) is 0 Å². The minimum Gasteiger partial charge on any atom is -0.374 e. The van der Waals surface area contributed by atoms with E-state index in [0.29, 0.717) is 5.92 Å². The average Bonchev–Trinajstić information content (AvgIpc) is 2.70. The number of ether oxygens (including phenoxy) is 3. The maximum Gasteiger partial charge on any atom is 0.201 e. The molecule has 0 fully saturated rings. The molecule has 1 rings (SSSR count). The van der Waals surface area contributed by atoms with Crippen LogP contribution in [0.2, 0.25) is 0 Å². The first-order valence-corrected chi connectivity index (χ1v) is 6.05. The summed E-state index contributed by atoms with van der Waals surface area (Å²) in [5, 5.41) is 2.91. The second kappa shape index (κ2) is 6.30. The summed E-state index contributed by atoms with van der Waals surface area (Å²) in [6.07, 6.45) is -0.359. The van der Waals surface area contributed by atoms with Crippen LogP contribution in [0.4, 0.5) is 0 Å². The number of nitrogens with zero attached hydrogens (tertiary/aromatic N) is 1. The van der Waals surface area contributed by atoms with Crippen LogP contribution in [0.3, 0.4) is 0 Å². The summed E-state index contributed by atoms with van der Waals surface area (Å²) in [7, 11) is 4.91. The van der Waals surface area contributed by atoms with Gasteiger partial charge in [0.1, 0.15) is 16.8 Å². The van der Waals surface area contributed by atoms with Gasteiger partial charge in [0.2, 0.25) is 6.29 Å². The lowest BCUT2D eigenvalue weighted by atomic mass is 10.1. The second-order valence-electron chi connectivity index (χ2n) is 3.81. The summed E-state index contributed by atoms with van der Waals surface area (Å²) >= 11 is 1.57. The van der Waals surface area contributed by atoms with Crippen LogP contribution in [0.25, 0.3) is 0 Å². The number of aromatic nitrogens is 1. The molecule has 0 aliphatic heterocycles. The van der Waals surface area contributed by atoms with E-state index in [9.17, 15) is 0 Å². The van der Waals surface area contributed by atoms with E-state index in [0.717, 1.165) is 10.7 Å². The zero-order chi connectivity index (χ0) is 12.1. The highest BCUT2D eigenvalue weighted by Crippen LogP contribution is 2.30. The van der Waals surface area contributed by atoms with Crippen molar-refractivity contribution < 1.29 is 14.2 Å². The molecule has 1 atom stereocenters. The first-order chi connectivity index (χ1) is 7.63. The Morgan fingerprint density at radius 1 is 1.12 bits per heavy atom. The van der Waals surface area contributed by atoms with Gasteiger partial charge in [-0.05, 0) is 5.92 Å². The lowest BCUT2D eigenvalue weighted by Crippen LogP contribution is -2.10. The minimum atomic E-state index is -0.394. The predicted octanol–water partition coefficient (Wildman–Crippen LogP) is 2.78. The van der Waals surface area contributed by atoms with E-state index in [2.05, 4.69) is 18.8 Å². The van der Waals surface area contributed by atoms with Crippen LogP contribution < -0.4 is 0 Å². The van der Waals surface area contributed by atoms with Gasteiger partial charge in [-0.2, -0.15) is 0 Å². The van der Waals surface area contributed by atoms with Crippen LogP contribution in [0.1, 0.15) is 36.9 Å². The Bertz CT molecular complexity index is 310. The molecule has 0 saturated carbocycles. The molecule has 1 aromatic heterocycles. The van der Waals surface area contributed by atoms with E-state index >= 15 is 0 Å². The van der Waals surface area contributed by atoms with Gasteiger partial charge in [0, 0.05) is 26.7 Å². The summed E-state index contributed by atoms with van der Waals surface area (Å²) < 4.78 is 15.7. The fourth-order valence-corrected chi connectivity index (χ4v) is 2.60. The molecule has 1 heterocycles. The van der Waals surface area contributed by atoms with Crippen molar-refractivity contribution in [3.8, 4) is 0 Å². The van der Waals surface area contributed by atoms with Crippen LogP contribution in [0.15, 0.2) is 5.38 Å². The highest BCUT2D eigenvalue weighted by molar-refractivity contribution is 7.09. The molecule has 0 aliphatic carbocycles. The van der Waals surface area contributed by atoms with Gasteiger partial charge in [0.25, 0.3) is 0 Å². The Morgan fingerprint density at radius 2 is 1.75 bits per heavy atom. The van der Waals surface area contributed by atoms with Crippen molar-refractivity contribution in [3.05, 3.63) is 16.1 Å². The molecule has 0 radical (unpaired) electrons. The van der Waals surface area contributed by atoms with E-state index in [4.69, 9.17) is 14.2 Å². The van der Waals surface area contributed by atoms with E-state index < -0.39 is 6.29 Å². The fourth-order valence-electron chi connectivity index (χ4n) is 1.54. The lowest BCUT2D eigenvalue weighted by molar-refractivity contribution is -0.108. The molecular formula is C11H19NO3S. The van der Waals surface area contributed by atoms with Gasteiger partial charge in [-0.3, -0.25) is 0 Å². The molecular weight excluding hydrogens is 226 g/mol. The molecule has 0 aliphatic rings. The molecule has 1 unspecified atom stereocenters. The van der Waals surface area contributed by atoms with Crippen LogP contribution in [0.5, 0.6) is 0 Å². The molecule has 0 saturated heterocycles. The van der Waals surface area contributed by atoms with E-state index in [1.165, 1.54) is 0 Å². The molecule has 92 valence electrons. The van der Waals surface area contributed by atoms with Crippen molar-refractivity contribution in [1.82, 2.24) is 4.98 Å². The summed E-state index contributed by atoms with van der Waals surface area (Å²) in [6, 6.07) is 0. The van der Waals surface area contributed by atoms with Gasteiger partial charge in [-0.25, -0.2) is 4.98 Å². The molecule has 5 heteroatoms. The first kappa shape index (κ1) is 13.6. The third-order valence-electron chi connectivity index (χ3n) is 2.31. The smallest absolute Gasteiger partial charge is 0.201 e. The van der Waals surface area contributed by atoms with Crippen LogP contribution in [-0.2, 0) is 14.2 Å². The van der Waals surface area contributed by atoms with Crippen molar-refractivity contribution in [1.29, 1.82) is 0 Å². The summed E-state index contributed by atoms with van der Waals surface area (Å²) in [6.45, 7) is 4.22. The summed E-state index contributed by atoms with van der Waals surface area (Å²) in [5.74, 6) is 0.396. The number of hydrogen-bond acceptors (Lipinski definition) is 5. The second-order valence-corrected chi connectivity index (χ2v) is 4.70. The van der Waals surface area contributed by atoms with E-state index in [-0.39, 0.29) is 6.10 Å². The van der Waals surface area contributed by atoms with E-state index in [1.54, 1.807) is 32.7 Å². The molecule has 16 heavy (non-hydrogen) atoms. The molecule has 0 amide bonds. The predicted molar refractivity (Wildman–Crippen MR) is 63.5 cm³/mol. The molecule has 0 bridgehead atoms. The largest absolute Gasteiger partial charge is 0.374 e. The topological polar surface area (TPSA) is 40.6 Å². The Balaban J connectivity index is 2.84. The zero-order valence-electron chi connectivity index (χ0n) is 10.4. The number of hydrogen-bond donors (Lipinski definition) is 0. The molecule has 4 nitrogen and oxygen atoms in total. The van der Waals surface area contributed by atoms with Crippen molar-refractivity contribution in [3.63, 3.8) is 0 Å². The number of thiazole rings is 1. The minimum absolute atomic E-state index is 0.0353. The van der Waals surface area contributed by atoms with Gasteiger partial charge in [-0.15, -0.1) is 11.3 Å². The Morgan fingerprint density at radius 3 is 2.19 bits per heavy atom. The third kappa shape index (κ3) is 3.01. The maximum atomic E-state index is 5.42. The Kier molecular flexibility index (Phi) is 5.34. The molecule has 0 N–H and O–H groups in total. The van der Waals surface area contributed by atoms with Crippen molar-refractivity contribution in [2.24, 2.45) is 5.92 Å². The highest BCUT2D eigenvalue weighted by Gasteiger charge is 2.21. The normalized spacial score (nSPS) is 13.7. The third-order valence-corrected chi connectivity index (χ3v) is 3.24. The Labute approximate surface area is 101 Å². The van der Waals surface area contributed by atoms with Gasteiger partial charge in [-0.1, -0.05) is 13.8 Å². The SMILES string of the molecule is COC(OC)c1csc(C(OC)C(C)C)n1. The maximum absolute atomic E-state index is 5.42. The lowest BCUT2D eigenvalue weighted by Gasteiger charge is -2.16. The standard InChI is InChI=1S/C11H19NO3S/c1-7(2)9(13-3)10-12-8(6-16-10)11(14-4)15-5/h6-7,9,11H,1-5H3. The van der Waals surface area contributed by atoms with Crippen molar-refractivity contribution >= 4 is 11.3 Å². The number of methoxy groups -OCH3 is 3.